The SMILES string of the molecule is CN=C/C=C(\C)c1cc(P)ccc1C. The van der Waals surface area contributed by atoms with Crippen molar-refractivity contribution in [2.24, 2.45) is 4.99 Å². The Balaban J connectivity index is 3.11. The van der Waals surface area contributed by atoms with Gasteiger partial charge in [-0.25, -0.2) is 0 Å². The first-order chi connectivity index (χ1) is 6.65. The summed E-state index contributed by atoms with van der Waals surface area (Å²) in [6.07, 6.45) is 3.86. The molecule has 2 heteroatoms. The highest BCUT2D eigenvalue weighted by atomic mass is 31.0. The number of hydrogen-bond acceptors (Lipinski definition) is 1. The van der Waals surface area contributed by atoms with Gasteiger partial charge in [0.2, 0.25) is 0 Å². The molecule has 0 saturated heterocycles. The van der Waals surface area contributed by atoms with Gasteiger partial charge in [0.25, 0.3) is 0 Å². The number of rotatable bonds is 2. The summed E-state index contributed by atoms with van der Waals surface area (Å²) in [4.78, 5) is 3.95. The zero-order valence-corrected chi connectivity index (χ0v) is 10.1. The van der Waals surface area contributed by atoms with Gasteiger partial charge in [0.1, 0.15) is 0 Å². The van der Waals surface area contributed by atoms with Crippen molar-refractivity contribution in [1.82, 2.24) is 0 Å². The van der Waals surface area contributed by atoms with Crippen LogP contribution in [0, 0.1) is 6.92 Å². The van der Waals surface area contributed by atoms with Crippen LogP contribution in [-0.4, -0.2) is 13.3 Å². The lowest BCUT2D eigenvalue weighted by Gasteiger charge is -2.06. The second kappa shape index (κ2) is 5.07. The molecule has 0 aliphatic heterocycles. The molecule has 0 fully saturated rings. The molecular weight excluding hydrogens is 189 g/mol. The number of benzene rings is 1. The van der Waals surface area contributed by atoms with Gasteiger partial charge in [0.15, 0.2) is 0 Å². The minimum atomic E-state index is 1.21. The average Bonchev–Trinajstić information content (AvgIpc) is 2.18. The molecule has 1 aromatic carbocycles. The monoisotopic (exact) mass is 205 g/mol. The lowest BCUT2D eigenvalue weighted by atomic mass is 10.0. The fourth-order valence-corrected chi connectivity index (χ4v) is 1.60. The first-order valence-corrected chi connectivity index (χ1v) is 5.18. The largest absolute Gasteiger partial charge is 0.297 e. The topological polar surface area (TPSA) is 12.4 Å². The first kappa shape index (κ1) is 11.1. The van der Waals surface area contributed by atoms with Crippen LogP contribution in [0.3, 0.4) is 0 Å². The van der Waals surface area contributed by atoms with Crippen LogP contribution in [0.15, 0.2) is 29.3 Å². The van der Waals surface area contributed by atoms with E-state index in [0.29, 0.717) is 0 Å². The zero-order chi connectivity index (χ0) is 10.6. The molecular formula is C12H16NP. The van der Waals surface area contributed by atoms with Crippen LogP contribution in [0.25, 0.3) is 5.57 Å². The quantitative estimate of drug-likeness (QED) is 0.520. The number of nitrogens with zero attached hydrogens (tertiary/aromatic N) is 1. The van der Waals surface area contributed by atoms with Gasteiger partial charge >= 0.3 is 0 Å². The number of aryl methyl sites for hydroxylation is 1. The molecule has 74 valence electrons. The molecule has 1 rings (SSSR count). The van der Waals surface area contributed by atoms with Crippen molar-refractivity contribution < 1.29 is 0 Å². The van der Waals surface area contributed by atoms with Gasteiger partial charge in [0, 0.05) is 13.3 Å². The summed E-state index contributed by atoms with van der Waals surface area (Å²) < 4.78 is 0. The second-order valence-corrected chi connectivity index (χ2v) is 4.00. The van der Waals surface area contributed by atoms with Gasteiger partial charge in [-0.15, -0.1) is 9.24 Å². The number of aliphatic imine (C=N–C) groups is 1. The number of allylic oxidation sites excluding steroid dienone is 2. The maximum atomic E-state index is 3.95. The molecule has 0 aromatic heterocycles. The summed E-state index contributed by atoms with van der Waals surface area (Å²) in [5, 5.41) is 1.21. The van der Waals surface area contributed by atoms with E-state index in [1.54, 1.807) is 7.05 Å². The minimum Gasteiger partial charge on any atom is -0.297 e. The summed E-state index contributed by atoms with van der Waals surface area (Å²) in [6, 6.07) is 6.41. The maximum absolute atomic E-state index is 3.95. The molecule has 0 heterocycles. The van der Waals surface area contributed by atoms with Gasteiger partial charge in [-0.2, -0.15) is 0 Å². The Bertz CT molecular complexity index is 378. The van der Waals surface area contributed by atoms with E-state index >= 15 is 0 Å². The van der Waals surface area contributed by atoms with E-state index in [9.17, 15) is 0 Å². The molecule has 0 radical (unpaired) electrons. The Hall–Kier alpha value is -0.940. The lowest BCUT2D eigenvalue weighted by Crippen LogP contribution is -1.95. The third-order valence-corrected chi connectivity index (χ3v) is 2.52. The predicted octanol–water partition coefficient (Wildman–Crippen LogP) is 2.60. The fourth-order valence-electron chi connectivity index (χ4n) is 1.34. The molecule has 0 spiro atoms. The van der Waals surface area contributed by atoms with Crippen molar-refractivity contribution >= 4 is 26.3 Å². The van der Waals surface area contributed by atoms with Crippen molar-refractivity contribution in [3.8, 4) is 0 Å². The average molecular weight is 205 g/mol. The van der Waals surface area contributed by atoms with Crippen molar-refractivity contribution in [1.29, 1.82) is 0 Å². The molecule has 0 bridgehead atoms. The highest BCUT2D eigenvalue weighted by Crippen LogP contribution is 2.17. The molecule has 14 heavy (non-hydrogen) atoms. The predicted molar refractivity (Wildman–Crippen MR) is 68.6 cm³/mol. The van der Waals surface area contributed by atoms with Crippen LogP contribution < -0.4 is 5.30 Å². The summed E-state index contributed by atoms with van der Waals surface area (Å²) in [5.74, 6) is 0. The summed E-state index contributed by atoms with van der Waals surface area (Å²) >= 11 is 0. The number of hydrogen-bond donors (Lipinski definition) is 0. The molecule has 0 saturated carbocycles. The van der Waals surface area contributed by atoms with E-state index < -0.39 is 0 Å². The Kier molecular flexibility index (Phi) is 4.03. The Morgan fingerprint density at radius 1 is 1.43 bits per heavy atom. The lowest BCUT2D eigenvalue weighted by molar-refractivity contribution is 1.42. The Morgan fingerprint density at radius 2 is 2.14 bits per heavy atom. The first-order valence-electron chi connectivity index (χ1n) is 4.60. The van der Waals surface area contributed by atoms with Gasteiger partial charge in [-0.05, 0) is 48.0 Å². The van der Waals surface area contributed by atoms with E-state index in [0.717, 1.165) is 0 Å². The van der Waals surface area contributed by atoms with Crippen molar-refractivity contribution in [2.45, 2.75) is 13.8 Å². The van der Waals surface area contributed by atoms with Crippen LogP contribution >= 0.6 is 9.24 Å². The molecule has 0 aliphatic carbocycles. The second-order valence-electron chi connectivity index (χ2n) is 3.33. The zero-order valence-electron chi connectivity index (χ0n) is 8.91. The van der Waals surface area contributed by atoms with Gasteiger partial charge < -0.3 is 0 Å². The van der Waals surface area contributed by atoms with Crippen LogP contribution in [0.1, 0.15) is 18.1 Å². The molecule has 0 amide bonds. The highest BCUT2D eigenvalue weighted by Gasteiger charge is 1.99. The van der Waals surface area contributed by atoms with Crippen molar-refractivity contribution in [3.63, 3.8) is 0 Å². The van der Waals surface area contributed by atoms with Gasteiger partial charge in [0.05, 0.1) is 0 Å². The molecule has 1 unspecified atom stereocenters. The van der Waals surface area contributed by atoms with Crippen LogP contribution in [0.4, 0.5) is 0 Å². The summed E-state index contributed by atoms with van der Waals surface area (Å²) in [6.45, 7) is 4.23. The third kappa shape index (κ3) is 2.78. The summed E-state index contributed by atoms with van der Waals surface area (Å²) in [5.41, 5.74) is 3.84. The van der Waals surface area contributed by atoms with E-state index in [-0.39, 0.29) is 0 Å². The highest BCUT2D eigenvalue weighted by molar-refractivity contribution is 7.27. The molecule has 1 atom stereocenters. The van der Waals surface area contributed by atoms with E-state index in [1.807, 2.05) is 12.3 Å². The third-order valence-electron chi connectivity index (χ3n) is 2.16. The summed E-state index contributed by atoms with van der Waals surface area (Å²) in [7, 11) is 4.50. The van der Waals surface area contributed by atoms with E-state index in [4.69, 9.17) is 0 Å². The van der Waals surface area contributed by atoms with Crippen molar-refractivity contribution in [2.75, 3.05) is 7.05 Å². The van der Waals surface area contributed by atoms with Gasteiger partial charge in [-0.1, -0.05) is 12.1 Å². The van der Waals surface area contributed by atoms with Crippen LogP contribution in [0.2, 0.25) is 0 Å². The normalized spacial score (nSPS) is 12.4. The smallest absolute Gasteiger partial charge is 0.0277 e. The Morgan fingerprint density at radius 3 is 2.79 bits per heavy atom. The molecule has 0 aliphatic rings. The molecule has 0 N–H and O–H groups in total. The fraction of sp³-hybridized carbons (Fsp3) is 0.250. The Labute approximate surface area is 88.2 Å². The van der Waals surface area contributed by atoms with Gasteiger partial charge in [-0.3, -0.25) is 4.99 Å². The van der Waals surface area contributed by atoms with E-state index in [2.05, 4.69) is 46.3 Å². The van der Waals surface area contributed by atoms with Crippen LogP contribution in [-0.2, 0) is 0 Å². The van der Waals surface area contributed by atoms with Crippen LogP contribution in [0.5, 0.6) is 0 Å². The molecule has 1 nitrogen and oxygen atoms in total. The standard InChI is InChI=1S/C12H16NP/c1-9-4-5-11(14)8-12(9)10(2)6-7-13-3/h4-8H,14H2,1-3H3/b10-6+,13-7?. The van der Waals surface area contributed by atoms with Crippen molar-refractivity contribution in [3.05, 3.63) is 35.4 Å². The maximum Gasteiger partial charge on any atom is 0.0277 e. The van der Waals surface area contributed by atoms with E-state index in [1.165, 1.54) is 22.0 Å². The molecule has 1 aromatic rings. The minimum absolute atomic E-state index is 1.21.